The van der Waals surface area contributed by atoms with Crippen molar-refractivity contribution in [3.63, 3.8) is 0 Å². The minimum Gasteiger partial charge on any atom is -0.461 e. The van der Waals surface area contributed by atoms with Gasteiger partial charge in [0.15, 0.2) is 0 Å². The number of carbonyl (C=O) groups is 2. The number of aromatic nitrogens is 1. The largest absolute Gasteiger partial charge is 0.461 e. The van der Waals surface area contributed by atoms with Gasteiger partial charge in [-0.05, 0) is 58.7 Å². The highest BCUT2D eigenvalue weighted by atomic mass is 79.9. The highest BCUT2D eigenvalue weighted by molar-refractivity contribution is 9.10. The topological polar surface area (TPSA) is 57.5 Å². The van der Waals surface area contributed by atoms with Crippen molar-refractivity contribution in [3.8, 4) is 5.75 Å². The lowest BCUT2D eigenvalue weighted by Crippen LogP contribution is -2.13. The van der Waals surface area contributed by atoms with Crippen molar-refractivity contribution in [1.29, 1.82) is 0 Å². The number of esters is 2. The third kappa shape index (κ3) is 4.19. The fourth-order valence-electron chi connectivity index (χ4n) is 2.91. The monoisotopic (exact) mass is 483 g/mol. The Hall–Kier alpha value is -2.02. The maximum Gasteiger partial charge on any atom is 0.356 e. The van der Waals surface area contributed by atoms with Crippen LogP contribution in [0.5, 0.6) is 5.75 Å². The molecule has 0 bridgehead atoms. The van der Waals surface area contributed by atoms with E-state index >= 15 is 0 Å². The van der Waals surface area contributed by atoms with Crippen molar-refractivity contribution in [3.05, 3.63) is 62.2 Å². The molecule has 0 saturated heterocycles. The summed E-state index contributed by atoms with van der Waals surface area (Å²) in [7, 11) is 0. The molecule has 0 radical (unpaired) electrons. The summed E-state index contributed by atoms with van der Waals surface area (Å²) in [6, 6.07) is 10.5. The summed E-state index contributed by atoms with van der Waals surface area (Å²) in [5.74, 6) is -0.487. The molecular weight excluding hydrogens is 469 g/mol. The van der Waals surface area contributed by atoms with Gasteiger partial charge in [0.25, 0.3) is 0 Å². The Bertz CT molecular complexity index is 1080. The number of hydrogen-bond acceptors (Lipinski definition) is 4. The molecule has 0 spiro atoms. The highest BCUT2D eigenvalue weighted by Crippen LogP contribution is 2.35. The zero-order valence-electron chi connectivity index (χ0n) is 15.1. The van der Waals surface area contributed by atoms with E-state index in [9.17, 15) is 9.59 Å². The number of carbonyl (C=O) groups excluding carboxylic acids is 2. The van der Waals surface area contributed by atoms with E-state index in [1.807, 2.05) is 10.6 Å². The normalized spacial score (nSPS) is 10.9. The molecule has 8 heteroatoms. The van der Waals surface area contributed by atoms with Crippen LogP contribution < -0.4 is 4.74 Å². The number of halogens is 3. The van der Waals surface area contributed by atoms with E-state index < -0.39 is 11.9 Å². The van der Waals surface area contributed by atoms with E-state index in [1.54, 1.807) is 37.3 Å². The summed E-state index contributed by atoms with van der Waals surface area (Å²) in [4.78, 5) is 23.9. The highest BCUT2D eigenvalue weighted by Gasteiger charge is 2.23. The van der Waals surface area contributed by atoms with Crippen molar-refractivity contribution in [1.82, 2.24) is 4.57 Å². The van der Waals surface area contributed by atoms with Crippen molar-refractivity contribution in [2.75, 3.05) is 6.61 Å². The lowest BCUT2D eigenvalue weighted by atomic mass is 10.2. The summed E-state index contributed by atoms with van der Waals surface area (Å²) < 4.78 is 12.8. The maximum absolute atomic E-state index is 12.6. The maximum atomic E-state index is 12.6. The summed E-state index contributed by atoms with van der Waals surface area (Å²) in [5, 5.41) is 1.62. The molecule has 0 atom stereocenters. The standard InChI is InChI=1S/C20H16BrCl2NO4/c1-3-27-20(26)19-18(21)14-9-13(28-11(2)25)5-7-17(14)24(19)10-12-4-6-15(22)16(23)8-12/h4-9H,3,10H2,1-2H3. The molecule has 0 aliphatic carbocycles. The predicted octanol–water partition coefficient (Wildman–Crippen LogP) is 5.86. The van der Waals surface area contributed by atoms with Gasteiger partial charge in [0, 0.05) is 18.9 Å². The Balaban J connectivity index is 2.16. The van der Waals surface area contributed by atoms with Crippen LogP contribution in [0.15, 0.2) is 40.9 Å². The number of benzene rings is 2. The van der Waals surface area contributed by atoms with Gasteiger partial charge in [0.2, 0.25) is 0 Å². The van der Waals surface area contributed by atoms with E-state index in [0.717, 1.165) is 16.5 Å². The second-order valence-corrected chi connectivity index (χ2v) is 7.60. The molecule has 0 saturated carbocycles. The average molecular weight is 485 g/mol. The molecule has 0 N–H and O–H groups in total. The number of fused-ring (bicyclic) bond motifs is 1. The number of ether oxygens (including phenoxy) is 2. The average Bonchev–Trinajstić information content (AvgIpc) is 2.89. The predicted molar refractivity (Wildman–Crippen MR) is 112 cm³/mol. The molecule has 1 aromatic heterocycles. The van der Waals surface area contributed by atoms with Crippen LogP contribution in [0.2, 0.25) is 10.0 Å². The first-order valence-corrected chi connectivity index (χ1v) is 9.98. The lowest BCUT2D eigenvalue weighted by molar-refractivity contribution is -0.131. The van der Waals surface area contributed by atoms with Crippen LogP contribution in [0.4, 0.5) is 0 Å². The minimum absolute atomic E-state index is 0.248. The van der Waals surface area contributed by atoms with E-state index in [4.69, 9.17) is 32.7 Å². The van der Waals surface area contributed by atoms with Crippen molar-refractivity contribution in [2.45, 2.75) is 20.4 Å². The first kappa shape index (κ1) is 20.7. The summed E-state index contributed by atoms with van der Waals surface area (Å²) in [6.07, 6.45) is 0. The SMILES string of the molecule is CCOC(=O)c1c(Br)c2cc(OC(C)=O)ccc2n1Cc1ccc(Cl)c(Cl)c1. The van der Waals surface area contributed by atoms with Gasteiger partial charge >= 0.3 is 11.9 Å². The van der Waals surface area contributed by atoms with E-state index in [-0.39, 0.29) is 6.61 Å². The second kappa shape index (κ2) is 8.55. The van der Waals surface area contributed by atoms with E-state index in [1.165, 1.54) is 6.92 Å². The fourth-order valence-corrected chi connectivity index (χ4v) is 3.92. The molecule has 3 aromatic rings. The number of hydrogen-bond donors (Lipinski definition) is 0. The van der Waals surface area contributed by atoms with Gasteiger partial charge in [0.05, 0.1) is 26.6 Å². The van der Waals surface area contributed by atoms with Crippen LogP contribution >= 0.6 is 39.1 Å². The summed E-state index contributed by atoms with van der Waals surface area (Å²) >= 11 is 15.6. The Morgan fingerprint density at radius 2 is 1.86 bits per heavy atom. The van der Waals surface area contributed by atoms with Crippen LogP contribution in [-0.4, -0.2) is 23.1 Å². The third-order valence-corrected chi connectivity index (χ3v) is 5.57. The molecule has 0 aliphatic heterocycles. The van der Waals surface area contributed by atoms with E-state index in [0.29, 0.717) is 32.5 Å². The van der Waals surface area contributed by atoms with Crippen LogP contribution in [0.1, 0.15) is 29.9 Å². The molecule has 28 heavy (non-hydrogen) atoms. The van der Waals surface area contributed by atoms with Crippen LogP contribution in [0.3, 0.4) is 0 Å². The van der Waals surface area contributed by atoms with Gasteiger partial charge in [-0.2, -0.15) is 0 Å². The van der Waals surface area contributed by atoms with Gasteiger partial charge in [-0.1, -0.05) is 29.3 Å². The molecule has 0 amide bonds. The molecule has 0 fully saturated rings. The quantitative estimate of drug-likeness (QED) is 0.336. The zero-order chi connectivity index (χ0) is 20.4. The first-order chi connectivity index (χ1) is 13.3. The third-order valence-electron chi connectivity index (χ3n) is 4.03. The lowest BCUT2D eigenvalue weighted by Gasteiger charge is -2.11. The molecule has 2 aromatic carbocycles. The molecule has 0 aliphatic rings. The second-order valence-electron chi connectivity index (χ2n) is 5.99. The van der Waals surface area contributed by atoms with E-state index in [2.05, 4.69) is 15.9 Å². The summed E-state index contributed by atoms with van der Waals surface area (Å²) in [5.41, 5.74) is 2.01. The van der Waals surface area contributed by atoms with Gasteiger partial charge in [0.1, 0.15) is 11.4 Å². The van der Waals surface area contributed by atoms with Gasteiger partial charge in [-0.25, -0.2) is 4.79 Å². The number of nitrogens with zero attached hydrogens (tertiary/aromatic N) is 1. The van der Waals surface area contributed by atoms with Crippen LogP contribution in [-0.2, 0) is 16.1 Å². The van der Waals surface area contributed by atoms with Gasteiger partial charge in [-0.3, -0.25) is 4.79 Å². The Labute approximate surface area is 180 Å². The molecular formula is C20H16BrCl2NO4. The minimum atomic E-state index is -0.459. The molecule has 146 valence electrons. The fraction of sp³-hybridized carbons (Fsp3) is 0.200. The molecule has 1 heterocycles. The number of rotatable bonds is 5. The first-order valence-electron chi connectivity index (χ1n) is 8.43. The van der Waals surface area contributed by atoms with Crippen LogP contribution in [0, 0.1) is 0 Å². The Morgan fingerprint density at radius 3 is 2.50 bits per heavy atom. The molecule has 0 unspecified atom stereocenters. The van der Waals surface area contributed by atoms with Crippen molar-refractivity contribution in [2.24, 2.45) is 0 Å². The van der Waals surface area contributed by atoms with Gasteiger partial charge in [-0.15, -0.1) is 0 Å². The molecule has 5 nitrogen and oxygen atoms in total. The van der Waals surface area contributed by atoms with Crippen molar-refractivity contribution < 1.29 is 19.1 Å². The summed E-state index contributed by atoms with van der Waals surface area (Å²) in [6.45, 7) is 3.70. The zero-order valence-corrected chi connectivity index (χ0v) is 18.2. The molecule has 3 rings (SSSR count). The smallest absolute Gasteiger partial charge is 0.356 e. The Kier molecular flexibility index (Phi) is 6.33. The van der Waals surface area contributed by atoms with Crippen molar-refractivity contribution >= 4 is 62.0 Å². The Morgan fingerprint density at radius 1 is 1.11 bits per heavy atom. The van der Waals surface area contributed by atoms with Gasteiger partial charge < -0.3 is 14.0 Å². The van der Waals surface area contributed by atoms with Crippen LogP contribution in [0.25, 0.3) is 10.9 Å².